The van der Waals surface area contributed by atoms with E-state index in [2.05, 4.69) is 4.18 Å². The van der Waals surface area contributed by atoms with Gasteiger partial charge < -0.3 is 8.92 Å². The average Bonchev–Trinajstić information content (AvgIpc) is 2.01. The SMILES string of the molecule is COc1cccc(OS(=O)(=O)O)c1.[NaH]. The van der Waals surface area contributed by atoms with Gasteiger partial charge in [0.2, 0.25) is 0 Å². The average molecular weight is 228 g/mol. The van der Waals surface area contributed by atoms with Crippen LogP contribution in [0.1, 0.15) is 0 Å². The van der Waals surface area contributed by atoms with E-state index in [4.69, 9.17) is 9.29 Å². The summed E-state index contributed by atoms with van der Waals surface area (Å²) in [6.45, 7) is 0. The van der Waals surface area contributed by atoms with Gasteiger partial charge in [-0.15, -0.1) is 0 Å². The molecule has 0 aliphatic carbocycles. The molecule has 14 heavy (non-hydrogen) atoms. The Bertz CT molecular complexity index is 389. The Hall–Kier alpha value is -0.270. The Balaban J connectivity index is 0.00000169. The fourth-order valence-electron chi connectivity index (χ4n) is 0.775. The van der Waals surface area contributed by atoms with Gasteiger partial charge in [-0.3, -0.25) is 4.55 Å². The van der Waals surface area contributed by atoms with Gasteiger partial charge in [0, 0.05) is 6.07 Å². The molecule has 1 N–H and O–H groups in total. The molecule has 0 saturated heterocycles. The van der Waals surface area contributed by atoms with Gasteiger partial charge in [-0.2, -0.15) is 8.42 Å². The second-order valence-electron chi connectivity index (χ2n) is 2.19. The normalized spacial score (nSPS) is 10.1. The van der Waals surface area contributed by atoms with Crippen LogP contribution < -0.4 is 8.92 Å². The molecule has 0 aliphatic rings. The van der Waals surface area contributed by atoms with Gasteiger partial charge in [0.25, 0.3) is 0 Å². The zero-order valence-electron chi connectivity index (χ0n) is 6.80. The van der Waals surface area contributed by atoms with Crippen LogP contribution in [0.2, 0.25) is 0 Å². The first kappa shape index (κ1) is 13.7. The molecule has 1 rings (SSSR count). The second-order valence-corrected chi connectivity index (χ2v) is 3.21. The van der Waals surface area contributed by atoms with Crippen molar-refractivity contribution in [2.75, 3.05) is 7.11 Å². The van der Waals surface area contributed by atoms with Crippen molar-refractivity contribution in [1.29, 1.82) is 0 Å². The zero-order chi connectivity index (χ0) is 9.90. The molecule has 0 unspecified atom stereocenters. The summed E-state index contributed by atoms with van der Waals surface area (Å²) in [6.07, 6.45) is 0. The number of benzene rings is 1. The van der Waals surface area contributed by atoms with Gasteiger partial charge in [0.15, 0.2) is 0 Å². The third kappa shape index (κ3) is 4.83. The molecule has 0 heterocycles. The van der Waals surface area contributed by atoms with Gasteiger partial charge in [0.1, 0.15) is 11.5 Å². The van der Waals surface area contributed by atoms with Crippen molar-refractivity contribution in [2.45, 2.75) is 0 Å². The van der Waals surface area contributed by atoms with E-state index in [1.165, 1.54) is 19.2 Å². The summed E-state index contributed by atoms with van der Waals surface area (Å²) in [6, 6.07) is 5.89. The van der Waals surface area contributed by atoms with Crippen LogP contribution in [0.25, 0.3) is 0 Å². The van der Waals surface area contributed by atoms with Crippen molar-refractivity contribution in [2.24, 2.45) is 0 Å². The summed E-state index contributed by atoms with van der Waals surface area (Å²) in [5.74, 6) is 0.447. The first-order valence-corrected chi connectivity index (χ1v) is 4.69. The van der Waals surface area contributed by atoms with Gasteiger partial charge in [-0.1, -0.05) is 6.07 Å². The first-order valence-electron chi connectivity index (χ1n) is 3.32. The summed E-state index contributed by atoms with van der Waals surface area (Å²) in [7, 11) is -3.02. The summed E-state index contributed by atoms with van der Waals surface area (Å²) in [4.78, 5) is 0. The van der Waals surface area contributed by atoms with E-state index in [-0.39, 0.29) is 35.3 Å². The molecule has 0 aliphatic heterocycles. The molecule has 0 bridgehead atoms. The number of hydrogen-bond acceptors (Lipinski definition) is 4. The summed E-state index contributed by atoms with van der Waals surface area (Å²) >= 11 is 0. The van der Waals surface area contributed by atoms with Crippen LogP contribution in [0.15, 0.2) is 24.3 Å². The Kier molecular flexibility index (Phi) is 5.46. The molecule has 0 spiro atoms. The molecule has 1 aromatic rings. The van der Waals surface area contributed by atoms with Crippen LogP contribution in [0.3, 0.4) is 0 Å². The van der Waals surface area contributed by atoms with Crippen molar-refractivity contribution in [3.63, 3.8) is 0 Å². The van der Waals surface area contributed by atoms with Crippen LogP contribution in [-0.4, -0.2) is 49.6 Å². The Labute approximate surface area is 104 Å². The van der Waals surface area contributed by atoms with E-state index in [9.17, 15) is 8.42 Å². The molecular formula is C7H9NaO5S. The summed E-state index contributed by atoms with van der Waals surface area (Å²) in [5.41, 5.74) is 0. The number of hydrogen-bond donors (Lipinski definition) is 1. The second kappa shape index (κ2) is 5.57. The maximum absolute atomic E-state index is 10.3. The number of ether oxygens (including phenoxy) is 1. The molecule has 0 atom stereocenters. The van der Waals surface area contributed by atoms with Crippen LogP contribution in [0.4, 0.5) is 0 Å². The van der Waals surface area contributed by atoms with E-state index in [1.54, 1.807) is 12.1 Å². The molecule has 0 amide bonds. The molecule has 0 aromatic heterocycles. The predicted molar refractivity (Wildman–Crippen MR) is 52.3 cm³/mol. The minimum atomic E-state index is -4.46. The molecule has 74 valence electrons. The Morgan fingerprint density at radius 3 is 2.36 bits per heavy atom. The monoisotopic (exact) mass is 228 g/mol. The first-order chi connectivity index (χ1) is 6.01. The van der Waals surface area contributed by atoms with Gasteiger partial charge >= 0.3 is 40.0 Å². The van der Waals surface area contributed by atoms with Crippen LogP contribution >= 0.6 is 0 Å². The molecule has 1 aromatic carbocycles. The predicted octanol–water partition coefficient (Wildman–Crippen LogP) is 0.228. The fraction of sp³-hybridized carbons (Fsp3) is 0.143. The molecule has 0 saturated carbocycles. The quantitative estimate of drug-likeness (QED) is 0.592. The van der Waals surface area contributed by atoms with Crippen molar-refractivity contribution in [1.82, 2.24) is 0 Å². The third-order valence-electron chi connectivity index (χ3n) is 1.24. The van der Waals surface area contributed by atoms with Crippen LogP contribution in [-0.2, 0) is 10.4 Å². The molecule has 0 fully saturated rings. The third-order valence-corrected chi connectivity index (χ3v) is 1.65. The standard InChI is InChI=1S/C7H8O5S.Na.H/c1-11-6-3-2-4-7(5-6)12-13(8,9)10;;/h2-5H,1H3,(H,8,9,10);;. The van der Waals surface area contributed by atoms with Crippen LogP contribution in [0.5, 0.6) is 11.5 Å². The van der Waals surface area contributed by atoms with Crippen molar-refractivity contribution in [3.8, 4) is 11.5 Å². The van der Waals surface area contributed by atoms with Crippen molar-refractivity contribution >= 4 is 40.0 Å². The summed E-state index contributed by atoms with van der Waals surface area (Å²) in [5, 5.41) is 0. The van der Waals surface area contributed by atoms with Crippen molar-refractivity contribution < 1.29 is 21.9 Å². The summed E-state index contributed by atoms with van der Waals surface area (Å²) < 4.78 is 37.9. The molecular weight excluding hydrogens is 219 g/mol. The van der Waals surface area contributed by atoms with E-state index in [0.717, 1.165) is 0 Å². The van der Waals surface area contributed by atoms with Crippen LogP contribution in [0, 0.1) is 0 Å². The molecule has 0 radical (unpaired) electrons. The Morgan fingerprint density at radius 2 is 1.86 bits per heavy atom. The number of rotatable bonds is 3. The molecule has 5 nitrogen and oxygen atoms in total. The maximum atomic E-state index is 10.3. The molecule has 7 heteroatoms. The van der Waals surface area contributed by atoms with E-state index < -0.39 is 10.4 Å². The van der Waals surface area contributed by atoms with E-state index in [1.807, 2.05) is 0 Å². The van der Waals surface area contributed by atoms with Gasteiger partial charge in [-0.05, 0) is 12.1 Å². The topological polar surface area (TPSA) is 72.8 Å². The van der Waals surface area contributed by atoms with E-state index >= 15 is 0 Å². The van der Waals surface area contributed by atoms with Gasteiger partial charge in [-0.25, -0.2) is 0 Å². The van der Waals surface area contributed by atoms with Gasteiger partial charge in [0.05, 0.1) is 7.11 Å². The fourth-order valence-corrected chi connectivity index (χ4v) is 1.12. The zero-order valence-corrected chi connectivity index (χ0v) is 7.61. The Morgan fingerprint density at radius 1 is 1.29 bits per heavy atom. The minimum absolute atomic E-state index is 0. The van der Waals surface area contributed by atoms with Crippen molar-refractivity contribution in [3.05, 3.63) is 24.3 Å². The number of methoxy groups -OCH3 is 1. The van der Waals surface area contributed by atoms with E-state index in [0.29, 0.717) is 5.75 Å².